The van der Waals surface area contributed by atoms with E-state index in [2.05, 4.69) is 5.32 Å². The normalized spacial score (nSPS) is 14.9. The SMILES string of the molecule is CCc1cccc(NC(=O)Cn2c(=O)n(C(C)C)c3ccc(S(=O)(=O)N4CCCC4)cc32)c1. The van der Waals surface area contributed by atoms with Gasteiger partial charge in [0, 0.05) is 24.8 Å². The van der Waals surface area contributed by atoms with Gasteiger partial charge >= 0.3 is 5.69 Å². The van der Waals surface area contributed by atoms with Gasteiger partial charge in [-0.3, -0.25) is 13.9 Å². The largest absolute Gasteiger partial charge is 0.329 e. The number of benzene rings is 2. The van der Waals surface area contributed by atoms with Gasteiger partial charge in [0.25, 0.3) is 0 Å². The average molecular weight is 471 g/mol. The Morgan fingerprint density at radius 3 is 2.45 bits per heavy atom. The van der Waals surface area contributed by atoms with Crippen LogP contribution in [0.15, 0.2) is 52.2 Å². The maximum atomic E-state index is 13.2. The van der Waals surface area contributed by atoms with E-state index in [0.717, 1.165) is 24.8 Å². The molecule has 4 rings (SSSR count). The lowest BCUT2D eigenvalue weighted by Gasteiger charge is -2.16. The molecular weight excluding hydrogens is 440 g/mol. The quantitative estimate of drug-likeness (QED) is 0.573. The van der Waals surface area contributed by atoms with Crippen LogP contribution in [0.4, 0.5) is 5.69 Å². The van der Waals surface area contributed by atoms with Crippen LogP contribution in [-0.2, 0) is 27.8 Å². The third-order valence-corrected chi connectivity index (χ3v) is 7.97. The third kappa shape index (κ3) is 4.47. The highest BCUT2D eigenvalue weighted by Crippen LogP contribution is 2.25. The first-order chi connectivity index (χ1) is 15.7. The summed E-state index contributed by atoms with van der Waals surface area (Å²) in [5.41, 5.74) is 2.46. The number of carbonyl (C=O) groups is 1. The van der Waals surface area contributed by atoms with Gasteiger partial charge in [-0.15, -0.1) is 0 Å². The standard InChI is InChI=1S/C24H30N4O4S/c1-4-18-8-7-9-19(14-18)25-23(29)16-27-22-15-20(33(31,32)26-12-5-6-13-26)10-11-21(22)28(17(2)3)24(27)30/h7-11,14-15,17H,4-6,12-13,16H2,1-3H3,(H,25,29). The second-order valence-corrected chi connectivity index (χ2v) is 10.6. The molecule has 0 unspecified atom stereocenters. The third-order valence-electron chi connectivity index (χ3n) is 6.07. The monoisotopic (exact) mass is 470 g/mol. The summed E-state index contributed by atoms with van der Waals surface area (Å²) < 4.78 is 30.6. The lowest BCUT2D eigenvalue weighted by molar-refractivity contribution is -0.116. The van der Waals surface area contributed by atoms with Gasteiger partial charge in [0.15, 0.2) is 0 Å². The summed E-state index contributed by atoms with van der Waals surface area (Å²) in [6.07, 6.45) is 2.53. The van der Waals surface area contributed by atoms with E-state index in [9.17, 15) is 18.0 Å². The number of sulfonamides is 1. The summed E-state index contributed by atoms with van der Waals surface area (Å²) in [6, 6.07) is 12.2. The van der Waals surface area contributed by atoms with E-state index in [1.807, 2.05) is 39.0 Å². The average Bonchev–Trinajstić information content (AvgIpc) is 3.41. The lowest BCUT2D eigenvalue weighted by atomic mass is 10.1. The molecule has 1 aromatic heterocycles. The first-order valence-electron chi connectivity index (χ1n) is 11.4. The Balaban J connectivity index is 1.73. The molecule has 1 saturated heterocycles. The molecule has 0 aliphatic carbocycles. The molecule has 1 aliphatic heterocycles. The molecule has 3 aromatic rings. The van der Waals surface area contributed by atoms with Gasteiger partial charge in [0.05, 0.1) is 15.9 Å². The minimum Gasteiger partial charge on any atom is -0.325 e. The fourth-order valence-electron chi connectivity index (χ4n) is 4.36. The Kier molecular flexibility index (Phi) is 6.45. The maximum absolute atomic E-state index is 13.2. The van der Waals surface area contributed by atoms with Crippen LogP contribution in [0.25, 0.3) is 11.0 Å². The van der Waals surface area contributed by atoms with Crippen molar-refractivity contribution in [2.75, 3.05) is 18.4 Å². The van der Waals surface area contributed by atoms with Gasteiger partial charge in [-0.2, -0.15) is 4.31 Å². The maximum Gasteiger partial charge on any atom is 0.329 e. The molecular formula is C24H30N4O4S. The number of anilines is 1. The summed E-state index contributed by atoms with van der Waals surface area (Å²) in [4.78, 5) is 26.2. The van der Waals surface area contributed by atoms with E-state index in [1.54, 1.807) is 22.8 Å². The van der Waals surface area contributed by atoms with Crippen LogP contribution in [0, 0.1) is 0 Å². The molecule has 2 aromatic carbocycles. The number of fused-ring (bicyclic) bond motifs is 1. The molecule has 1 fully saturated rings. The number of aromatic nitrogens is 2. The molecule has 0 saturated carbocycles. The number of carbonyl (C=O) groups excluding carboxylic acids is 1. The van der Waals surface area contributed by atoms with Crippen LogP contribution >= 0.6 is 0 Å². The van der Waals surface area contributed by atoms with Crippen molar-refractivity contribution in [3.05, 3.63) is 58.5 Å². The van der Waals surface area contributed by atoms with Crippen molar-refractivity contribution < 1.29 is 13.2 Å². The zero-order valence-corrected chi connectivity index (χ0v) is 20.1. The fourth-order valence-corrected chi connectivity index (χ4v) is 5.90. The van der Waals surface area contributed by atoms with Crippen molar-refractivity contribution in [3.8, 4) is 0 Å². The number of amides is 1. The predicted octanol–water partition coefficient (Wildman–Crippen LogP) is 3.37. The fraction of sp³-hybridized carbons (Fsp3) is 0.417. The Morgan fingerprint density at radius 2 is 1.79 bits per heavy atom. The smallest absolute Gasteiger partial charge is 0.325 e. The zero-order valence-electron chi connectivity index (χ0n) is 19.2. The summed E-state index contributed by atoms with van der Waals surface area (Å²) in [6.45, 7) is 6.60. The molecule has 0 spiro atoms. The van der Waals surface area contributed by atoms with Crippen molar-refractivity contribution in [1.29, 1.82) is 0 Å². The number of imidazole rings is 1. The Labute approximate surface area is 193 Å². The lowest BCUT2D eigenvalue weighted by Crippen LogP contribution is -2.30. The van der Waals surface area contributed by atoms with E-state index >= 15 is 0 Å². The predicted molar refractivity (Wildman–Crippen MR) is 129 cm³/mol. The molecule has 176 valence electrons. The Morgan fingerprint density at radius 1 is 1.06 bits per heavy atom. The van der Waals surface area contributed by atoms with Crippen LogP contribution in [0.1, 0.15) is 45.2 Å². The number of aryl methyl sites for hydroxylation is 1. The highest BCUT2D eigenvalue weighted by molar-refractivity contribution is 7.89. The number of nitrogens with one attached hydrogen (secondary N) is 1. The van der Waals surface area contributed by atoms with E-state index in [0.29, 0.717) is 29.8 Å². The molecule has 2 heterocycles. The van der Waals surface area contributed by atoms with Crippen LogP contribution < -0.4 is 11.0 Å². The minimum absolute atomic E-state index is 0.141. The molecule has 33 heavy (non-hydrogen) atoms. The summed E-state index contributed by atoms with van der Waals surface area (Å²) >= 11 is 0. The number of nitrogens with zero attached hydrogens (tertiary/aromatic N) is 3. The Bertz CT molecular complexity index is 1350. The van der Waals surface area contributed by atoms with Gasteiger partial charge in [0.2, 0.25) is 15.9 Å². The zero-order chi connectivity index (χ0) is 23.8. The minimum atomic E-state index is -3.65. The first-order valence-corrected chi connectivity index (χ1v) is 12.8. The van der Waals surface area contributed by atoms with Gasteiger partial charge in [-0.25, -0.2) is 13.2 Å². The van der Waals surface area contributed by atoms with Crippen molar-refractivity contribution in [1.82, 2.24) is 13.4 Å². The van der Waals surface area contributed by atoms with E-state index in [4.69, 9.17) is 0 Å². The Hall–Kier alpha value is -2.91. The van der Waals surface area contributed by atoms with Crippen LogP contribution in [-0.4, -0.2) is 40.9 Å². The van der Waals surface area contributed by atoms with Crippen molar-refractivity contribution in [2.45, 2.75) is 57.5 Å². The summed E-state index contributed by atoms with van der Waals surface area (Å²) in [7, 11) is -3.65. The van der Waals surface area contributed by atoms with E-state index in [-0.39, 0.29) is 29.1 Å². The first kappa shape index (κ1) is 23.3. The molecule has 1 N–H and O–H groups in total. The molecule has 8 nitrogen and oxygen atoms in total. The van der Waals surface area contributed by atoms with Gasteiger partial charge < -0.3 is 5.32 Å². The van der Waals surface area contributed by atoms with Crippen LogP contribution in [0.2, 0.25) is 0 Å². The van der Waals surface area contributed by atoms with E-state index < -0.39 is 10.0 Å². The second kappa shape index (κ2) is 9.15. The highest BCUT2D eigenvalue weighted by atomic mass is 32.2. The molecule has 1 amide bonds. The van der Waals surface area contributed by atoms with Crippen molar-refractivity contribution in [3.63, 3.8) is 0 Å². The van der Waals surface area contributed by atoms with E-state index in [1.165, 1.54) is 14.9 Å². The van der Waals surface area contributed by atoms with Crippen molar-refractivity contribution >= 4 is 32.7 Å². The molecule has 0 radical (unpaired) electrons. The number of hydrogen-bond acceptors (Lipinski definition) is 4. The van der Waals surface area contributed by atoms with Gasteiger partial charge in [0.1, 0.15) is 6.54 Å². The topological polar surface area (TPSA) is 93.4 Å². The highest BCUT2D eigenvalue weighted by Gasteiger charge is 2.28. The molecule has 9 heteroatoms. The summed E-state index contributed by atoms with van der Waals surface area (Å²) in [5, 5.41) is 2.85. The van der Waals surface area contributed by atoms with Gasteiger partial charge in [-0.05, 0) is 69.0 Å². The second-order valence-electron chi connectivity index (χ2n) is 8.70. The van der Waals surface area contributed by atoms with Gasteiger partial charge in [-0.1, -0.05) is 19.1 Å². The van der Waals surface area contributed by atoms with Crippen LogP contribution in [0.5, 0.6) is 0 Å². The van der Waals surface area contributed by atoms with Crippen LogP contribution in [0.3, 0.4) is 0 Å². The molecule has 0 atom stereocenters. The van der Waals surface area contributed by atoms with Crippen molar-refractivity contribution in [2.24, 2.45) is 0 Å². The molecule has 0 bridgehead atoms. The summed E-state index contributed by atoms with van der Waals surface area (Å²) in [5.74, 6) is -0.346. The number of hydrogen-bond donors (Lipinski definition) is 1. The number of rotatable bonds is 7. The molecule has 1 aliphatic rings.